The van der Waals surface area contributed by atoms with Crippen LogP contribution in [0.3, 0.4) is 0 Å². The number of hydrogen-bond donors (Lipinski definition) is 2. The lowest BCUT2D eigenvalue weighted by atomic mass is 10.1. The van der Waals surface area contributed by atoms with Crippen LogP contribution in [0.25, 0.3) is 6.08 Å². The topological polar surface area (TPSA) is 80.2 Å². The predicted molar refractivity (Wildman–Crippen MR) is 103 cm³/mol. The van der Waals surface area contributed by atoms with Crippen LogP contribution in [0.1, 0.15) is 11.1 Å². The van der Waals surface area contributed by atoms with Gasteiger partial charge in [-0.1, -0.05) is 12.1 Å². The number of hydrogen-bond acceptors (Lipinski definition) is 6. The summed E-state index contributed by atoms with van der Waals surface area (Å²) in [5.41, 5.74) is 2.55. The van der Waals surface area contributed by atoms with Gasteiger partial charge in [-0.25, -0.2) is 4.99 Å². The second-order valence-electron chi connectivity index (χ2n) is 5.59. The van der Waals surface area contributed by atoms with Crippen molar-refractivity contribution < 1.29 is 19.4 Å². The van der Waals surface area contributed by atoms with E-state index in [0.717, 1.165) is 11.3 Å². The Balaban J connectivity index is 1.89. The highest BCUT2D eigenvalue weighted by Gasteiger charge is 2.24. The van der Waals surface area contributed by atoms with Crippen molar-refractivity contribution in [2.24, 2.45) is 4.99 Å². The van der Waals surface area contributed by atoms with E-state index in [9.17, 15) is 9.90 Å². The van der Waals surface area contributed by atoms with E-state index in [2.05, 4.69) is 10.3 Å². The molecule has 7 heteroatoms. The average Bonchev–Trinajstić information content (AvgIpc) is 2.95. The molecule has 0 aliphatic carbocycles. The number of carbonyl (C=O) groups is 1. The lowest BCUT2D eigenvalue weighted by molar-refractivity contribution is -0.115. The average molecular weight is 370 g/mol. The summed E-state index contributed by atoms with van der Waals surface area (Å²) in [6, 6.07) is 11.0. The molecule has 0 unspecified atom stereocenters. The summed E-state index contributed by atoms with van der Waals surface area (Å²) in [5, 5.41) is 13.3. The Morgan fingerprint density at radius 2 is 1.85 bits per heavy atom. The molecule has 1 aliphatic heterocycles. The SMILES string of the molecule is COc1cc(/C=C2\SC(=Nc3cccc(C)c3)NC2=O)cc(OC)c1O. The number of phenolic OH excluding ortho intramolecular Hbond substituents is 1. The Hall–Kier alpha value is -2.93. The number of aromatic hydroxyl groups is 1. The van der Waals surface area contributed by atoms with E-state index in [-0.39, 0.29) is 23.2 Å². The molecule has 1 heterocycles. The van der Waals surface area contributed by atoms with Gasteiger partial charge < -0.3 is 19.9 Å². The van der Waals surface area contributed by atoms with E-state index in [0.29, 0.717) is 15.6 Å². The number of rotatable bonds is 4. The van der Waals surface area contributed by atoms with Crippen molar-refractivity contribution in [3.8, 4) is 17.2 Å². The zero-order chi connectivity index (χ0) is 18.7. The second-order valence-corrected chi connectivity index (χ2v) is 6.63. The number of phenols is 1. The monoisotopic (exact) mass is 370 g/mol. The molecule has 2 N–H and O–H groups in total. The van der Waals surface area contributed by atoms with E-state index in [1.54, 1.807) is 18.2 Å². The quantitative estimate of drug-likeness (QED) is 0.804. The first-order valence-corrected chi connectivity index (χ1v) is 8.63. The Labute approximate surface area is 155 Å². The van der Waals surface area contributed by atoms with Crippen LogP contribution in [0.5, 0.6) is 17.2 Å². The van der Waals surface area contributed by atoms with Gasteiger partial charge in [-0.2, -0.15) is 0 Å². The molecule has 0 radical (unpaired) electrons. The maximum atomic E-state index is 12.2. The zero-order valence-corrected chi connectivity index (χ0v) is 15.4. The molecule has 3 rings (SSSR count). The Morgan fingerprint density at radius 1 is 1.15 bits per heavy atom. The third-order valence-corrected chi connectivity index (χ3v) is 4.59. The normalized spacial score (nSPS) is 16.8. The van der Waals surface area contributed by atoms with Crippen LogP contribution in [0, 0.1) is 6.92 Å². The molecule has 0 saturated carbocycles. The fourth-order valence-electron chi connectivity index (χ4n) is 2.44. The van der Waals surface area contributed by atoms with Gasteiger partial charge in [0.15, 0.2) is 16.7 Å². The molecular weight excluding hydrogens is 352 g/mol. The summed E-state index contributed by atoms with van der Waals surface area (Å²) in [5.74, 6) is 0.233. The van der Waals surface area contributed by atoms with E-state index >= 15 is 0 Å². The first-order chi connectivity index (χ1) is 12.5. The standard InChI is InChI=1S/C19H18N2O4S/c1-11-5-4-6-13(7-11)20-19-21-18(23)16(26-19)10-12-8-14(24-2)17(22)15(9-12)25-3/h4-10,22H,1-3H3,(H,20,21,23)/b16-10-. The molecular formula is C19H18N2O4S. The molecule has 1 aliphatic rings. The molecule has 26 heavy (non-hydrogen) atoms. The molecule has 0 spiro atoms. The van der Waals surface area contributed by atoms with Crippen LogP contribution in [0.2, 0.25) is 0 Å². The molecule has 0 aromatic heterocycles. The van der Waals surface area contributed by atoms with Gasteiger partial charge >= 0.3 is 0 Å². The minimum absolute atomic E-state index is 0.0811. The number of nitrogens with one attached hydrogen (secondary N) is 1. The van der Waals surface area contributed by atoms with Gasteiger partial charge in [0.1, 0.15) is 0 Å². The van der Waals surface area contributed by atoms with Gasteiger partial charge in [0.05, 0.1) is 24.8 Å². The Bertz CT molecular complexity index is 897. The number of thioether (sulfide) groups is 1. The number of carbonyl (C=O) groups excluding carboxylic acids is 1. The van der Waals surface area contributed by atoms with E-state index in [4.69, 9.17) is 9.47 Å². The third kappa shape index (κ3) is 3.83. The highest BCUT2D eigenvalue weighted by atomic mass is 32.2. The number of amides is 1. The molecule has 2 aromatic rings. The van der Waals surface area contributed by atoms with Gasteiger partial charge in [0.2, 0.25) is 5.75 Å². The zero-order valence-electron chi connectivity index (χ0n) is 14.6. The van der Waals surface area contributed by atoms with Crippen LogP contribution in [-0.4, -0.2) is 30.4 Å². The van der Waals surface area contributed by atoms with Crippen LogP contribution in [0.4, 0.5) is 5.69 Å². The van der Waals surface area contributed by atoms with E-state index in [1.807, 2.05) is 31.2 Å². The summed E-state index contributed by atoms with van der Waals surface area (Å²) in [4.78, 5) is 17.2. The van der Waals surface area contributed by atoms with Gasteiger partial charge in [-0.05, 0) is 60.2 Å². The molecule has 134 valence electrons. The van der Waals surface area contributed by atoms with Gasteiger partial charge in [0, 0.05) is 0 Å². The predicted octanol–water partition coefficient (Wildman–Crippen LogP) is 3.61. The van der Waals surface area contributed by atoms with Gasteiger partial charge in [0.25, 0.3) is 5.91 Å². The lowest BCUT2D eigenvalue weighted by Crippen LogP contribution is -2.19. The number of ether oxygens (including phenoxy) is 2. The first-order valence-electron chi connectivity index (χ1n) is 7.81. The molecule has 0 bridgehead atoms. The summed E-state index contributed by atoms with van der Waals surface area (Å²) >= 11 is 1.25. The van der Waals surface area contributed by atoms with Crippen LogP contribution in [0.15, 0.2) is 46.3 Å². The van der Waals surface area contributed by atoms with Gasteiger partial charge in [-0.3, -0.25) is 4.79 Å². The fraction of sp³-hybridized carbons (Fsp3) is 0.158. The van der Waals surface area contributed by atoms with Crippen molar-refractivity contribution in [1.82, 2.24) is 5.32 Å². The molecule has 1 saturated heterocycles. The van der Waals surface area contributed by atoms with Crippen molar-refractivity contribution in [2.75, 3.05) is 14.2 Å². The molecule has 0 atom stereocenters. The molecule has 6 nitrogen and oxygen atoms in total. The number of aryl methyl sites for hydroxylation is 1. The van der Waals surface area contributed by atoms with Crippen LogP contribution < -0.4 is 14.8 Å². The lowest BCUT2D eigenvalue weighted by Gasteiger charge is -2.09. The summed E-state index contributed by atoms with van der Waals surface area (Å²) in [7, 11) is 2.91. The van der Waals surface area contributed by atoms with Crippen molar-refractivity contribution in [3.05, 3.63) is 52.4 Å². The first kappa shape index (κ1) is 17.9. The minimum atomic E-state index is -0.229. The van der Waals surface area contributed by atoms with Crippen molar-refractivity contribution in [1.29, 1.82) is 0 Å². The Kier molecular flexibility index (Phi) is 5.18. The second kappa shape index (κ2) is 7.53. The number of benzene rings is 2. The summed E-state index contributed by atoms with van der Waals surface area (Å²) < 4.78 is 10.3. The third-order valence-electron chi connectivity index (χ3n) is 3.68. The highest BCUT2D eigenvalue weighted by molar-refractivity contribution is 8.18. The fourth-order valence-corrected chi connectivity index (χ4v) is 3.29. The number of methoxy groups -OCH3 is 2. The smallest absolute Gasteiger partial charge is 0.264 e. The molecule has 1 amide bonds. The minimum Gasteiger partial charge on any atom is -0.502 e. The van der Waals surface area contributed by atoms with Crippen LogP contribution >= 0.6 is 11.8 Å². The van der Waals surface area contributed by atoms with Crippen molar-refractivity contribution in [3.63, 3.8) is 0 Å². The number of amidine groups is 1. The van der Waals surface area contributed by atoms with Crippen molar-refractivity contribution >= 4 is 34.6 Å². The maximum absolute atomic E-state index is 12.2. The Morgan fingerprint density at radius 3 is 2.46 bits per heavy atom. The highest BCUT2D eigenvalue weighted by Crippen LogP contribution is 2.38. The maximum Gasteiger partial charge on any atom is 0.264 e. The van der Waals surface area contributed by atoms with E-state index in [1.165, 1.54) is 26.0 Å². The number of nitrogens with zero attached hydrogens (tertiary/aromatic N) is 1. The van der Waals surface area contributed by atoms with Crippen molar-refractivity contribution in [2.45, 2.75) is 6.92 Å². The largest absolute Gasteiger partial charge is 0.502 e. The summed E-state index contributed by atoms with van der Waals surface area (Å²) in [6.07, 6.45) is 1.70. The number of aliphatic imine (C=N–C) groups is 1. The van der Waals surface area contributed by atoms with Gasteiger partial charge in [-0.15, -0.1) is 0 Å². The molecule has 1 fully saturated rings. The molecule has 2 aromatic carbocycles. The summed E-state index contributed by atoms with van der Waals surface area (Å²) in [6.45, 7) is 1.99. The van der Waals surface area contributed by atoms with E-state index < -0.39 is 0 Å². The van der Waals surface area contributed by atoms with Crippen LogP contribution in [-0.2, 0) is 4.79 Å².